The van der Waals surface area contributed by atoms with E-state index >= 15 is 0 Å². The van der Waals surface area contributed by atoms with Gasteiger partial charge in [0.1, 0.15) is 5.69 Å². The second kappa shape index (κ2) is 7.23. The Morgan fingerprint density at radius 3 is 2.20 bits per heavy atom. The van der Waals surface area contributed by atoms with Crippen molar-refractivity contribution in [2.24, 2.45) is 0 Å². The highest BCUT2D eigenvalue weighted by Gasteiger charge is 2.16. The van der Waals surface area contributed by atoms with Crippen LogP contribution in [0.25, 0.3) is 11.6 Å². The van der Waals surface area contributed by atoms with Crippen LogP contribution in [0.3, 0.4) is 0 Å². The molecule has 8 heteroatoms. The van der Waals surface area contributed by atoms with Gasteiger partial charge in [0.05, 0.1) is 21.5 Å². The number of nitrogens with zero attached hydrogens (tertiary/aromatic N) is 4. The van der Waals surface area contributed by atoms with Crippen LogP contribution < -0.4 is 4.90 Å². The molecule has 0 fully saturated rings. The van der Waals surface area contributed by atoms with Crippen molar-refractivity contribution in [3.8, 4) is 6.07 Å². The maximum Gasteiger partial charge on any atom is 0.293 e. The van der Waals surface area contributed by atoms with Crippen LogP contribution in [-0.4, -0.2) is 23.9 Å². The molecule has 2 aromatic rings. The van der Waals surface area contributed by atoms with Crippen LogP contribution in [0.15, 0.2) is 42.5 Å². The summed E-state index contributed by atoms with van der Waals surface area (Å²) in [4.78, 5) is 22.5. The fourth-order valence-corrected chi connectivity index (χ4v) is 2.26. The minimum atomic E-state index is -0.525. The second-order valence-electron chi connectivity index (χ2n) is 5.37. The molecule has 0 atom stereocenters. The third-order valence-corrected chi connectivity index (χ3v) is 3.50. The van der Waals surface area contributed by atoms with Gasteiger partial charge in [0, 0.05) is 32.3 Å². The highest BCUT2D eigenvalue weighted by Crippen LogP contribution is 2.29. The van der Waals surface area contributed by atoms with Gasteiger partial charge in [0.2, 0.25) is 0 Å². The molecule has 0 saturated carbocycles. The monoisotopic (exact) mass is 338 g/mol. The predicted molar refractivity (Wildman–Crippen MR) is 94.0 cm³/mol. The van der Waals surface area contributed by atoms with E-state index in [1.54, 1.807) is 31.1 Å². The van der Waals surface area contributed by atoms with Crippen LogP contribution in [0, 0.1) is 31.6 Å². The van der Waals surface area contributed by atoms with Crippen LogP contribution in [0.2, 0.25) is 0 Å². The third-order valence-electron chi connectivity index (χ3n) is 3.50. The molecule has 0 saturated heterocycles. The maximum atomic E-state index is 11.2. The summed E-state index contributed by atoms with van der Waals surface area (Å²) in [6.07, 6.45) is 1.51. The number of allylic oxidation sites excluding steroid dienone is 1. The van der Waals surface area contributed by atoms with E-state index in [9.17, 15) is 25.5 Å². The Morgan fingerprint density at radius 1 is 1.08 bits per heavy atom. The smallest absolute Gasteiger partial charge is 0.293 e. The van der Waals surface area contributed by atoms with Gasteiger partial charge in [-0.15, -0.1) is 0 Å². The van der Waals surface area contributed by atoms with E-state index in [4.69, 9.17) is 0 Å². The first kappa shape index (κ1) is 17.6. The molecular formula is C17H14N4O4. The van der Waals surface area contributed by atoms with E-state index in [1.807, 2.05) is 6.07 Å². The number of rotatable bonds is 5. The molecule has 126 valence electrons. The lowest BCUT2D eigenvalue weighted by Crippen LogP contribution is -2.10. The zero-order valence-electron chi connectivity index (χ0n) is 13.5. The standard InChI is InChI=1S/C17H14N4O4/c1-19(2)16-8-3-12(10-17(16)21(24)25)9-14(11-18)13-4-6-15(7-5-13)20(22)23/h3-10H,1-2H3/b14-9-. The molecule has 0 aromatic heterocycles. The molecule has 8 nitrogen and oxygen atoms in total. The van der Waals surface area contributed by atoms with E-state index in [-0.39, 0.29) is 16.9 Å². The van der Waals surface area contributed by atoms with Crippen LogP contribution in [0.5, 0.6) is 0 Å². The second-order valence-corrected chi connectivity index (χ2v) is 5.37. The highest BCUT2D eigenvalue weighted by molar-refractivity contribution is 5.90. The molecular weight excluding hydrogens is 324 g/mol. The summed E-state index contributed by atoms with van der Waals surface area (Å²) in [5.74, 6) is 0. The van der Waals surface area contributed by atoms with Gasteiger partial charge in [-0.25, -0.2) is 0 Å². The lowest BCUT2D eigenvalue weighted by molar-refractivity contribution is -0.384. The Hall–Kier alpha value is -3.73. The molecule has 0 aliphatic carbocycles. The van der Waals surface area contributed by atoms with Crippen molar-refractivity contribution in [1.82, 2.24) is 0 Å². The number of nitriles is 1. The number of hydrogen-bond acceptors (Lipinski definition) is 6. The molecule has 0 N–H and O–H groups in total. The molecule has 0 aliphatic heterocycles. The van der Waals surface area contributed by atoms with Crippen molar-refractivity contribution in [3.63, 3.8) is 0 Å². The maximum absolute atomic E-state index is 11.2. The highest BCUT2D eigenvalue weighted by atomic mass is 16.6. The first-order chi connectivity index (χ1) is 11.8. The summed E-state index contributed by atoms with van der Waals surface area (Å²) in [7, 11) is 3.41. The largest absolute Gasteiger partial charge is 0.372 e. The molecule has 0 radical (unpaired) electrons. The van der Waals surface area contributed by atoms with Crippen molar-refractivity contribution in [2.75, 3.05) is 19.0 Å². The predicted octanol–water partition coefficient (Wildman–Crippen LogP) is 3.63. The van der Waals surface area contributed by atoms with Crippen molar-refractivity contribution >= 4 is 28.7 Å². The first-order valence-corrected chi connectivity index (χ1v) is 7.16. The zero-order valence-corrected chi connectivity index (χ0v) is 13.5. The van der Waals surface area contributed by atoms with Crippen LogP contribution >= 0.6 is 0 Å². The zero-order chi connectivity index (χ0) is 18.6. The molecule has 0 unspecified atom stereocenters. The van der Waals surface area contributed by atoms with Gasteiger partial charge in [-0.3, -0.25) is 20.2 Å². The van der Waals surface area contributed by atoms with E-state index in [1.165, 1.54) is 36.4 Å². The molecule has 0 aliphatic rings. The minimum absolute atomic E-state index is 0.0697. The lowest BCUT2D eigenvalue weighted by Gasteiger charge is -2.12. The summed E-state index contributed by atoms with van der Waals surface area (Å²) in [6.45, 7) is 0. The Balaban J connectivity index is 2.46. The summed E-state index contributed by atoms with van der Waals surface area (Å²) < 4.78 is 0. The summed E-state index contributed by atoms with van der Waals surface area (Å²) in [6, 6.07) is 12.2. The summed E-state index contributed by atoms with van der Waals surface area (Å²) >= 11 is 0. The fourth-order valence-electron chi connectivity index (χ4n) is 2.26. The molecule has 2 rings (SSSR count). The lowest BCUT2D eigenvalue weighted by atomic mass is 10.0. The van der Waals surface area contributed by atoms with E-state index in [0.29, 0.717) is 16.8 Å². The minimum Gasteiger partial charge on any atom is -0.372 e. The van der Waals surface area contributed by atoms with Crippen molar-refractivity contribution in [2.45, 2.75) is 0 Å². The first-order valence-electron chi connectivity index (χ1n) is 7.16. The van der Waals surface area contributed by atoms with Gasteiger partial charge in [0.25, 0.3) is 11.4 Å². The number of nitro groups is 2. The number of anilines is 1. The number of benzene rings is 2. The Labute approximate surface area is 143 Å². The Bertz CT molecular complexity index is 896. The molecule has 2 aromatic carbocycles. The molecule has 0 spiro atoms. The Morgan fingerprint density at radius 2 is 1.72 bits per heavy atom. The Kier molecular flexibility index (Phi) is 5.09. The molecule has 0 heterocycles. The quantitative estimate of drug-likeness (QED) is 0.356. The van der Waals surface area contributed by atoms with Gasteiger partial charge in [-0.05, 0) is 35.4 Å². The molecule has 25 heavy (non-hydrogen) atoms. The van der Waals surface area contributed by atoms with E-state index < -0.39 is 9.85 Å². The van der Waals surface area contributed by atoms with E-state index in [0.717, 1.165) is 0 Å². The van der Waals surface area contributed by atoms with Gasteiger partial charge in [-0.1, -0.05) is 6.07 Å². The van der Waals surface area contributed by atoms with Crippen LogP contribution in [0.4, 0.5) is 17.1 Å². The van der Waals surface area contributed by atoms with Gasteiger partial charge in [0.15, 0.2) is 0 Å². The average molecular weight is 338 g/mol. The molecule has 0 amide bonds. The third kappa shape index (κ3) is 3.97. The van der Waals surface area contributed by atoms with Crippen molar-refractivity contribution in [3.05, 3.63) is 73.8 Å². The number of non-ortho nitro benzene ring substituents is 1. The van der Waals surface area contributed by atoms with Gasteiger partial charge in [-0.2, -0.15) is 5.26 Å². The summed E-state index contributed by atoms with van der Waals surface area (Å²) in [5.41, 5.74) is 1.55. The topological polar surface area (TPSA) is 113 Å². The summed E-state index contributed by atoms with van der Waals surface area (Å²) in [5, 5.41) is 31.3. The van der Waals surface area contributed by atoms with Crippen LogP contribution in [0.1, 0.15) is 11.1 Å². The van der Waals surface area contributed by atoms with Gasteiger partial charge < -0.3 is 4.90 Å². The molecule has 0 bridgehead atoms. The van der Waals surface area contributed by atoms with Crippen molar-refractivity contribution in [1.29, 1.82) is 5.26 Å². The number of nitro benzene ring substituents is 2. The normalized spacial score (nSPS) is 10.8. The average Bonchev–Trinajstić information content (AvgIpc) is 2.59. The van der Waals surface area contributed by atoms with Crippen LogP contribution in [-0.2, 0) is 0 Å². The fraction of sp³-hybridized carbons (Fsp3) is 0.118. The SMILES string of the molecule is CN(C)c1ccc(/C=C(/C#N)c2ccc([N+](=O)[O-])cc2)cc1[N+](=O)[O-]. The van der Waals surface area contributed by atoms with Crippen molar-refractivity contribution < 1.29 is 9.85 Å². The number of hydrogen-bond donors (Lipinski definition) is 0. The van der Waals surface area contributed by atoms with E-state index in [2.05, 4.69) is 0 Å². The van der Waals surface area contributed by atoms with Gasteiger partial charge >= 0.3 is 0 Å².